The Balaban J connectivity index is 1.28. The molecule has 2 aliphatic carbocycles. The third-order valence-corrected chi connectivity index (χ3v) is 7.22. The second-order valence-electron chi connectivity index (χ2n) is 9.23. The lowest BCUT2D eigenvalue weighted by Crippen LogP contribution is -2.44. The van der Waals surface area contributed by atoms with Crippen molar-refractivity contribution in [2.75, 3.05) is 19.6 Å². The van der Waals surface area contributed by atoms with Gasteiger partial charge in [-0.2, -0.15) is 0 Å². The van der Waals surface area contributed by atoms with Gasteiger partial charge in [0, 0.05) is 32.3 Å². The van der Waals surface area contributed by atoms with Crippen LogP contribution >= 0.6 is 0 Å². The van der Waals surface area contributed by atoms with Crippen molar-refractivity contribution in [3.63, 3.8) is 0 Å². The highest BCUT2D eigenvalue weighted by atomic mass is 16.2. The number of hydrogen-bond acceptors (Lipinski definition) is 3. The van der Waals surface area contributed by atoms with Crippen molar-refractivity contribution in [2.45, 2.75) is 49.9 Å². The molecule has 1 aromatic heterocycles. The summed E-state index contributed by atoms with van der Waals surface area (Å²) in [5.41, 5.74) is 3.34. The monoisotopic (exact) mass is 403 g/mol. The molecule has 2 aromatic rings. The molecule has 30 heavy (non-hydrogen) atoms. The number of rotatable bonds is 5. The number of likely N-dealkylation sites (tertiary alicyclic amines) is 1. The maximum Gasteiger partial charge on any atom is 0.272 e. The lowest BCUT2D eigenvalue weighted by atomic mass is 9.73. The maximum atomic E-state index is 12.8. The molecular weight excluding hydrogens is 374 g/mol. The van der Waals surface area contributed by atoms with Crippen LogP contribution in [0.5, 0.6) is 0 Å². The number of amides is 2. The molecule has 1 aliphatic heterocycles. The number of carbonyl (C=O) groups excluding carboxylic acids is 2. The van der Waals surface area contributed by atoms with Crippen LogP contribution in [0.2, 0.25) is 0 Å². The fraction of sp³-hybridized carbons (Fsp3) is 0.480. The number of fused-ring (bicyclic) bond motifs is 2. The number of benzene rings is 1. The van der Waals surface area contributed by atoms with Crippen LogP contribution in [0.25, 0.3) is 0 Å². The minimum atomic E-state index is 0.0211. The highest BCUT2D eigenvalue weighted by molar-refractivity contribution is 5.92. The highest BCUT2D eigenvalue weighted by Gasteiger charge is 2.46. The predicted molar refractivity (Wildman–Crippen MR) is 115 cm³/mol. The molecule has 1 atom stereocenters. The van der Waals surface area contributed by atoms with Crippen LogP contribution in [0.1, 0.15) is 66.1 Å². The molecular formula is C25H29N3O2. The maximum absolute atomic E-state index is 12.8. The van der Waals surface area contributed by atoms with Crippen molar-refractivity contribution >= 4 is 11.8 Å². The van der Waals surface area contributed by atoms with E-state index < -0.39 is 0 Å². The number of aromatic nitrogens is 1. The Kier molecular flexibility index (Phi) is 5.05. The summed E-state index contributed by atoms with van der Waals surface area (Å²) in [6, 6.07) is 14.1. The number of pyridine rings is 1. The molecule has 1 N–H and O–H groups in total. The third-order valence-electron chi connectivity index (χ3n) is 7.22. The zero-order valence-electron chi connectivity index (χ0n) is 17.3. The number of carbonyl (C=O) groups is 2. The Hall–Kier alpha value is -2.69. The Labute approximate surface area is 177 Å². The summed E-state index contributed by atoms with van der Waals surface area (Å²) in [4.78, 5) is 31.5. The zero-order valence-corrected chi connectivity index (χ0v) is 17.3. The van der Waals surface area contributed by atoms with Crippen LogP contribution < -0.4 is 5.32 Å². The predicted octanol–water partition coefficient (Wildman–Crippen LogP) is 3.66. The van der Waals surface area contributed by atoms with Gasteiger partial charge in [0.1, 0.15) is 5.69 Å². The molecule has 1 saturated heterocycles. The lowest BCUT2D eigenvalue weighted by Gasteiger charge is -2.40. The van der Waals surface area contributed by atoms with Crippen LogP contribution in [0.4, 0.5) is 0 Å². The molecule has 2 fully saturated rings. The molecule has 156 valence electrons. The second kappa shape index (κ2) is 7.86. The fourth-order valence-electron chi connectivity index (χ4n) is 5.35. The molecule has 0 unspecified atom stereocenters. The summed E-state index contributed by atoms with van der Waals surface area (Å²) in [6.07, 6.45) is 7.65. The lowest BCUT2D eigenvalue weighted by molar-refractivity contribution is -0.121. The molecule has 0 radical (unpaired) electrons. The molecule has 1 saturated carbocycles. The molecule has 3 aliphatic rings. The first-order chi connectivity index (χ1) is 14.6. The van der Waals surface area contributed by atoms with Gasteiger partial charge in [0.05, 0.1) is 0 Å². The fourth-order valence-corrected chi connectivity index (χ4v) is 5.35. The van der Waals surface area contributed by atoms with Gasteiger partial charge in [-0.05, 0) is 72.6 Å². The van der Waals surface area contributed by atoms with Gasteiger partial charge >= 0.3 is 0 Å². The summed E-state index contributed by atoms with van der Waals surface area (Å²) < 4.78 is 0. The van der Waals surface area contributed by atoms with E-state index in [0.29, 0.717) is 18.0 Å². The van der Waals surface area contributed by atoms with E-state index >= 15 is 0 Å². The van der Waals surface area contributed by atoms with Crippen LogP contribution in [0, 0.1) is 5.92 Å². The zero-order chi connectivity index (χ0) is 20.6. The molecule has 5 nitrogen and oxygen atoms in total. The molecule has 2 amide bonds. The number of hydrogen-bond donors (Lipinski definition) is 1. The summed E-state index contributed by atoms with van der Waals surface area (Å²) in [5.74, 6) is 1.19. The van der Waals surface area contributed by atoms with E-state index in [4.69, 9.17) is 0 Å². The third kappa shape index (κ3) is 3.73. The SMILES string of the molecule is O=C(C[C@H]1CC2(CCN(C(=O)c3ccccn3)CC2)c2ccccc21)NCC1CC1. The first kappa shape index (κ1) is 19.3. The number of piperidine rings is 1. The second-order valence-corrected chi connectivity index (χ2v) is 9.23. The standard InChI is InChI=1S/C25H29N3O2/c29-23(27-17-18-8-9-18)15-19-16-25(21-6-2-1-5-20(19)21)10-13-28(14-11-25)24(30)22-7-3-4-12-26-22/h1-7,12,18-19H,8-11,13-17H2,(H,27,29)/t19-/m0/s1. The first-order valence-corrected chi connectivity index (χ1v) is 11.2. The molecule has 1 spiro atoms. The van der Waals surface area contributed by atoms with E-state index in [-0.39, 0.29) is 23.1 Å². The van der Waals surface area contributed by atoms with E-state index in [0.717, 1.165) is 38.9 Å². The van der Waals surface area contributed by atoms with Gasteiger partial charge in [-0.25, -0.2) is 0 Å². The van der Waals surface area contributed by atoms with Gasteiger partial charge < -0.3 is 10.2 Å². The number of nitrogens with zero attached hydrogens (tertiary/aromatic N) is 2. The normalized spacial score (nSPS) is 22.0. The topological polar surface area (TPSA) is 62.3 Å². The summed E-state index contributed by atoms with van der Waals surface area (Å²) >= 11 is 0. The van der Waals surface area contributed by atoms with Gasteiger partial charge in [0.25, 0.3) is 5.91 Å². The van der Waals surface area contributed by atoms with Gasteiger partial charge in [-0.1, -0.05) is 30.3 Å². The Morgan fingerprint density at radius 1 is 1.07 bits per heavy atom. The molecule has 5 heteroatoms. The first-order valence-electron chi connectivity index (χ1n) is 11.2. The quantitative estimate of drug-likeness (QED) is 0.829. The van der Waals surface area contributed by atoms with Crippen LogP contribution in [0.15, 0.2) is 48.7 Å². The highest BCUT2D eigenvalue weighted by Crippen LogP contribution is 2.52. The molecule has 5 rings (SSSR count). The van der Waals surface area contributed by atoms with Crippen molar-refractivity contribution in [1.82, 2.24) is 15.2 Å². The molecule has 0 bridgehead atoms. The summed E-state index contributed by atoms with van der Waals surface area (Å²) in [6.45, 7) is 2.32. The van der Waals surface area contributed by atoms with Crippen molar-refractivity contribution in [3.05, 3.63) is 65.5 Å². The Morgan fingerprint density at radius 3 is 2.57 bits per heavy atom. The average Bonchev–Trinajstić information content (AvgIpc) is 3.58. The van der Waals surface area contributed by atoms with Crippen molar-refractivity contribution in [1.29, 1.82) is 0 Å². The van der Waals surface area contributed by atoms with Crippen molar-refractivity contribution < 1.29 is 9.59 Å². The summed E-state index contributed by atoms with van der Waals surface area (Å²) in [7, 11) is 0. The van der Waals surface area contributed by atoms with E-state index in [1.54, 1.807) is 12.3 Å². The average molecular weight is 404 g/mol. The minimum absolute atomic E-state index is 0.0211. The Morgan fingerprint density at radius 2 is 1.83 bits per heavy atom. The number of nitrogens with one attached hydrogen (secondary N) is 1. The van der Waals surface area contributed by atoms with E-state index in [9.17, 15) is 9.59 Å². The van der Waals surface area contributed by atoms with Crippen LogP contribution in [-0.2, 0) is 10.2 Å². The smallest absolute Gasteiger partial charge is 0.272 e. The van der Waals surface area contributed by atoms with Crippen LogP contribution in [-0.4, -0.2) is 41.3 Å². The minimum Gasteiger partial charge on any atom is -0.356 e. The largest absolute Gasteiger partial charge is 0.356 e. The van der Waals surface area contributed by atoms with Gasteiger partial charge in [-0.3, -0.25) is 14.6 Å². The van der Waals surface area contributed by atoms with Gasteiger partial charge in [0.15, 0.2) is 0 Å². The summed E-state index contributed by atoms with van der Waals surface area (Å²) in [5, 5.41) is 3.14. The van der Waals surface area contributed by atoms with E-state index in [1.807, 2.05) is 17.0 Å². The van der Waals surface area contributed by atoms with Gasteiger partial charge in [-0.15, -0.1) is 0 Å². The van der Waals surface area contributed by atoms with E-state index in [1.165, 1.54) is 24.0 Å². The van der Waals surface area contributed by atoms with Gasteiger partial charge in [0.2, 0.25) is 5.91 Å². The Bertz CT molecular complexity index is 930. The van der Waals surface area contributed by atoms with Crippen molar-refractivity contribution in [2.24, 2.45) is 5.92 Å². The molecule has 2 heterocycles. The van der Waals surface area contributed by atoms with E-state index in [2.05, 4.69) is 34.6 Å². The van der Waals surface area contributed by atoms with Crippen molar-refractivity contribution in [3.8, 4) is 0 Å². The van der Waals surface area contributed by atoms with Crippen LogP contribution in [0.3, 0.4) is 0 Å². The molecule has 1 aromatic carbocycles.